The second kappa shape index (κ2) is 10.1. The zero-order valence-corrected chi connectivity index (χ0v) is 15.7. The number of imide groups is 3. The van der Waals surface area contributed by atoms with Gasteiger partial charge in [0, 0.05) is 32.1 Å². The van der Waals surface area contributed by atoms with Crippen molar-refractivity contribution in [1.82, 2.24) is 4.90 Å². The van der Waals surface area contributed by atoms with Crippen LogP contribution in [0.15, 0.2) is 0 Å². The quantitative estimate of drug-likeness (QED) is 0.267. The number of esters is 1. The molecule has 0 saturated carbocycles. The van der Waals surface area contributed by atoms with Crippen molar-refractivity contribution in [2.45, 2.75) is 52.9 Å². The maximum Gasteiger partial charge on any atom is 0.306 e. The van der Waals surface area contributed by atoms with E-state index in [4.69, 9.17) is 15.9 Å². The molecule has 1 saturated heterocycles. The summed E-state index contributed by atoms with van der Waals surface area (Å²) < 4.78 is 10.3. The first-order chi connectivity index (χ1) is 12.2. The lowest BCUT2D eigenvalue weighted by molar-refractivity contribution is -0.151. The van der Waals surface area contributed by atoms with Gasteiger partial charge in [-0.3, -0.25) is 19.2 Å². The van der Waals surface area contributed by atoms with Crippen LogP contribution < -0.4 is 0 Å². The molecule has 0 aromatic carbocycles. The van der Waals surface area contributed by atoms with Gasteiger partial charge in [0.15, 0.2) is 0 Å². The molecule has 26 heavy (non-hydrogen) atoms. The average Bonchev–Trinajstić information content (AvgIpc) is 2.88. The number of amides is 3. The molecule has 1 rings (SSSR count). The number of terminal acetylenes is 1. The van der Waals surface area contributed by atoms with Crippen molar-refractivity contribution >= 4 is 23.7 Å². The van der Waals surface area contributed by atoms with Crippen LogP contribution in [0.4, 0.5) is 0 Å². The molecule has 0 aromatic rings. The molecule has 0 aromatic heterocycles. The Morgan fingerprint density at radius 3 is 2.27 bits per heavy atom. The SMILES string of the molecule is C#CCCOCCOC(=O)CC(CC(=O)N1C(=O)CCC1=O)C(C)(C)C. The highest BCUT2D eigenvalue weighted by atomic mass is 16.6. The number of hydrogen-bond donors (Lipinski definition) is 0. The smallest absolute Gasteiger partial charge is 0.306 e. The van der Waals surface area contributed by atoms with Crippen LogP contribution in [-0.4, -0.2) is 48.4 Å². The van der Waals surface area contributed by atoms with E-state index in [9.17, 15) is 19.2 Å². The molecular weight excluding hydrogens is 338 g/mol. The normalized spacial score (nSPS) is 15.7. The molecule has 0 radical (unpaired) electrons. The third-order valence-electron chi connectivity index (χ3n) is 4.24. The van der Waals surface area contributed by atoms with E-state index in [1.165, 1.54) is 0 Å². The van der Waals surface area contributed by atoms with Gasteiger partial charge >= 0.3 is 5.97 Å². The minimum atomic E-state index is -0.553. The van der Waals surface area contributed by atoms with E-state index < -0.39 is 23.7 Å². The zero-order valence-electron chi connectivity index (χ0n) is 15.7. The number of rotatable bonds is 9. The van der Waals surface area contributed by atoms with Crippen LogP contribution in [0.2, 0.25) is 0 Å². The third-order valence-corrected chi connectivity index (χ3v) is 4.24. The Hall–Kier alpha value is -2.20. The summed E-state index contributed by atoms with van der Waals surface area (Å²) >= 11 is 0. The van der Waals surface area contributed by atoms with Crippen molar-refractivity contribution < 1.29 is 28.7 Å². The number of nitrogens with zero attached hydrogens (tertiary/aromatic N) is 1. The van der Waals surface area contributed by atoms with Crippen LogP contribution in [0.3, 0.4) is 0 Å². The molecule has 0 bridgehead atoms. The second-order valence-corrected chi connectivity index (χ2v) is 7.27. The van der Waals surface area contributed by atoms with Gasteiger partial charge in [-0.2, -0.15) is 0 Å². The summed E-state index contributed by atoms with van der Waals surface area (Å²) in [5.74, 6) is 0.140. The Morgan fingerprint density at radius 1 is 1.12 bits per heavy atom. The van der Waals surface area contributed by atoms with Gasteiger partial charge in [0.05, 0.1) is 13.2 Å². The van der Waals surface area contributed by atoms with E-state index in [-0.39, 0.29) is 50.2 Å². The summed E-state index contributed by atoms with van der Waals surface area (Å²) in [5, 5.41) is 0. The lowest BCUT2D eigenvalue weighted by Crippen LogP contribution is -2.38. The van der Waals surface area contributed by atoms with E-state index in [0.29, 0.717) is 17.9 Å². The fourth-order valence-corrected chi connectivity index (χ4v) is 2.55. The van der Waals surface area contributed by atoms with Crippen molar-refractivity contribution in [3.8, 4) is 12.3 Å². The average molecular weight is 365 g/mol. The fourth-order valence-electron chi connectivity index (χ4n) is 2.55. The van der Waals surface area contributed by atoms with Crippen LogP contribution >= 0.6 is 0 Å². The highest BCUT2D eigenvalue weighted by Crippen LogP contribution is 2.33. The van der Waals surface area contributed by atoms with Gasteiger partial charge in [-0.05, 0) is 11.3 Å². The number of carbonyl (C=O) groups is 4. The lowest BCUT2D eigenvalue weighted by atomic mass is 9.76. The Morgan fingerprint density at radius 2 is 1.73 bits per heavy atom. The molecule has 3 amide bonds. The molecule has 1 aliphatic rings. The largest absolute Gasteiger partial charge is 0.463 e. The molecule has 7 heteroatoms. The minimum absolute atomic E-state index is 0.0236. The predicted octanol–water partition coefficient (Wildman–Crippen LogP) is 1.69. The first-order valence-electron chi connectivity index (χ1n) is 8.72. The van der Waals surface area contributed by atoms with Gasteiger partial charge in [0.1, 0.15) is 6.61 Å². The summed E-state index contributed by atoms with van der Waals surface area (Å²) in [7, 11) is 0. The molecule has 1 heterocycles. The molecule has 7 nitrogen and oxygen atoms in total. The van der Waals surface area contributed by atoms with E-state index in [1.54, 1.807) is 0 Å². The van der Waals surface area contributed by atoms with Crippen molar-refractivity contribution in [1.29, 1.82) is 0 Å². The van der Waals surface area contributed by atoms with Crippen molar-refractivity contribution in [3.05, 3.63) is 0 Å². The zero-order chi connectivity index (χ0) is 19.7. The molecule has 0 spiro atoms. The highest BCUT2D eigenvalue weighted by molar-refractivity contribution is 6.15. The van der Waals surface area contributed by atoms with Crippen molar-refractivity contribution in [2.24, 2.45) is 11.3 Å². The van der Waals surface area contributed by atoms with Gasteiger partial charge < -0.3 is 9.47 Å². The first-order valence-corrected chi connectivity index (χ1v) is 8.72. The predicted molar refractivity (Wildman–Crippen MR) is 93.5 cm³/mol. The fraction of sp³-hybridized carbons (Fsp3) is 0.684. The molecular formula is C19H27NO6. The molecule has 0 aliphatic carbocycles. The molecule has 1 atom stereocenters. The summed E-state index contributed by atoms with van der Waals surface area (Å²) in [4.78, 5) is 48.5. The van der Waals surface area contributed by atoms with E-state index >= 15 is 0 Å². The van der Waals surface area contributed by atoms with Crippen molar-refractivity contribution in [2.75, 3.05) is 19.8 Å². The van der Waals surface area contributed by atoms with Crippen molar-refractivity contribution in [3.63, 3.8) is 0 Å². The van der Waals surface area contributed by atoms with Gasteiger partial charge in [0.25, 0.3) is 0 Å². The van der Waals surface area contributed by atoms with Gasteiger partial charge in [0.2, 0.25) is 17.7 Å². The van der Waals surface area contributed by atoms with Gasteiger partial charge in [-0.25, -0.2) is 4.90 Å². The Bertz CT molecular complexity index is 568. The third kappa shape index (κ3) is 6.96. The number of carbonyl (C=O) groups excluding carboxylic acids is 4. The van der Waals surface area contributed by atoms with Crippen LogP contribution in [0.5, 0.6) is 0 Å². The summed E-state index contributed by atoms with van der Waals surface area (Å²) in [5.41, 5.74) is -0.371. The molecule has 144 valence electrons. The molecule has 1 unspecified atom stereocenters. The minimum Gasteiger partial charge on any atom is -0.463 e. The Balaban J connectivity index is 2.53. The number of ether oxygens (including phenoxy) is 2. The molecule has 1 aliphatic heterocycles. The number of likely N-dealkylation sites (tertiary alicyclic amines) is 1. The van der Waals surface area contributed by atoms with Crippen LogP contribution in [0, 0.1) is 23.7 Å². The van der Waals surface area contributed by atoms with E-state index in [2.05, 4.69) is 5.92 Å². The maximum absolute atomic E-state index is 12.4. The standard InChI is InChI=1S/C19H27NO6/c1-5-6-9-25-10-11-26-18(24)13-14(19(2,3)4)12-17(23)20-15(21)7-8-16(20)22/h1,14H,6-13H2,2-4H3. The van der Waals surface area contributed by atoms with Crippen LogP contribution in [-0.2, 0) is 28.7 Å². The molecule has 1 fully saturated rings. The van der Waals surface area contributed by atoms with E-state index in [1.807, 2.05) is 20.8 Å². The van der Waals surface area contributed by atoms with E-state index in [0.717, 1.165) is 0 Å². The second-order valence-electron chi connectivity index (χ2n) is 7.27. The number of hydrogen-bond acceptors (Lipinski definition) is 6. The van der Waals surface area contributed by atoms with Gasteiger partial charge in [-0.15, -0.1) is 12.3 Å². The summed E-state index contributed by atoms with van der Waals surface area (Å²) in [6.07, 6.45) is 5.68. The van der Waals surface area contributed by atoms with Gasteiger partial charge in [-0.1, -0.05) is 20.8 Å². The lowest BCUT2D eigenvalue weighted by Gasteiger charge is -2.30. The van der Waals surface area contributed by atoms with Crippen LogP contribution in [0.25, 0.3) is 0 Å². The molecule has 0 N–H and O–H groups in total. The maximum atomic E-state index is 12.4. The monoisotopic (exact) mass is 365 g/mol. The first kappa shape index (κ1) is 21.8. The summed E-state index contributed by atoms with van der Waals surface area (Å²) in [6.45, 7) is 6.46. The Labute approximate surface area is 154 Å². The summed E-state index contributed by atoms with van der Waals surface area (Å²) in [6, 6.07) is 0. The topological polar surface area (TPSA) is 90.0 Å². The van der Waals surface area contributed by atoms with Crippen LogP contribution in [0.1, 0.15) is 52.9 Å². The Kier molecular flexibility index (Phi) is 8.46. The highest BCUT2D eigenvalue weighted by Gasteiger charge is 2.38.